The molecule has 212 valence electrons. The molecule has 0 bridgehead atoms. The molecular weight excluding hydrogens is 590 g/mol. The molecule has 42 heavy (non-hydrogen) atoms. The number of rotatable bonds is 8. The number of nitrogens with zero attached hydrogens (tertiary/aromatic N) is 4. The maximum absolute atomic E-state index is 13.8. The summed E-state index contributed by atoms with van der Waals surface area (Å²) in [7, 11) is 1.61. The first-order valence-corrected chi connectivity index (χ1v) is 15.5. The molecule has 1 aliphatic rings. The molecule has 0 unspecified atom stereocenters. The van der Waals surface area contributed by atoms with Crippen LogP contribution in [0.4, 0.5) is 5.82 Å². The number of ether oxygens (including phenoxy) is 1. The molecule has 0 fully saturated rings. The molecular formula is C31H26ClN5O3S2. The van der Waals surface area contributed by atoms with Gasteiger partial charge in [0.15, 0.2) is 0 Å². The number of hydrogen-bond donors (Lipinski definition) is 1. The maximum Gasteiger partial charge on any atom is 0.240 e. The number of hydrogen-bond acceptors (Lipinski definition) is 7. The van der Waals surface area contributed by atoms with E-state index in [1.54, 1.807) is 34.2 Å². The first kappa shape index (κ1) is 28.0. The fraction of sp³-hybridized carbons (Fsp3) is 0.161. The van der Waals surface area contributed by atoms with Crippen LogP contribution in [-0.4, -0.2) is 46.0 Å². The normalized spacial score (nSPS) is 14.8. The lowest BCUT2D eigenvalue weighted by Crippen LogP contribution is -2.42. The average molecular weight is 616 g/mol. The summed E-state index contributed by atoms with van der Waals surface area (Å²) in [6.45, 7) is 0.0905. The Morgan fingerprint density at radius 1 is 1.07 bits per heavy atom. The summed E-state index contributed by atoms with van der Waals surface area (Å²) in [6.07, 6.45) is 1.68. The zero-order chi connectivity index (χ0) is 29.1. The van der Waals surface area contributed by atoms with Gasteiger partial charge in [0.2, 0.25) is 11.8 Å². The third kappa shape index (κ3) is 5.78. The Balaban J connectivity index is 1.50. The van der Waals surface area contributed by atoms with E-state index in [-0.39, 0.29) is 35.9 Å². The van der Waals surface area contributed by atoms with Gasteiger partial charge in [0.1, 0.15) is 18.1 Å². The van der Waals surface area contributed by atoms with E-state index in [4.69, 9.17) is 21.4 Å². The Kier molecular flexibility index (Phi) is 8.27. The Bertz CT molecular complexity index is 1690. The SMILES string of the molecule is COc1ccc(-n2nc(-c3ccc(Cl)cc3)c3c2N(CC(=O)NCc2ccccn2)C(=O)CS[C@@H]3c2cccs2)cc1. The lowest BCUT2D eigenvalue weighted by Gasteiger charge is -2.23. The van der Waals surface area contributed by atoms with E-state index in [2.05, 4.69) is 16.4 Å². The molecule has 2 aromatic carbocycles. The molecule has 1 N–H and O–H groups in total. The number of thiophene rings is 1. The monoisotopic (exact) mass is 615 g/mol. The molecule has 11 heteroatoms. The average Bonchev–Trinajstić information content (AvgIpc) is 3.67. The number of carbonyl (C=O) groups is 2. The molecule has 6 rings (SSSR count). The minimum Gasteiger partial charge on any atom is -0.497 e. The molecule has 0 saturated carbocycles. The second kappa shape index (κ2) is 12.4. The topological polar surface area (TPSA) is 89.3 Å². The van der Waals surface area contributed by atoms with Crippen LogP contribution in [-0.2, 0) is 16.1 Å². The zero-order valence-electron chi connectivity index (χ0n) is 22.6. The summed E-state index contributed by atoms with van der Waals surface area (Å²) >= 11 is 9.41. The molecule has 2 amide bonds. The van der Waals surface area contributed by atoms with Gasteiger partial charge in [-0.2, -0.15) is 5.10 Å². The number of thioether (sulfide) groups is 1. The Morgan fingerprint density at radius 3 is 2.57 bits per heavy atom. The van der Waals surface area contributed by atoms with Crippen LogP contribution in [0.25, 0.3) is 16.9 Å². The number of anilines is 1. The van der Waals surface area contributed by atoms with E-state index in [1.165, 1.54) is 11.8 Å². The van der Waals surface area contributed by atoms with Crippen molar-refractivity contribution in [1.82, 2.24) is 20.1 Å². The van der Waals surface area contributed by atoms with Gasteiger partial charge in [-0.05, 0) is 60.0 Å². The fourth-order valence-electron chi connectivity index (χ4n) is 4.80. The minimum atomic E-state index is -0.296. The molecule has 0 saturated heterocycles. The van der Waals surface area contributed by atoms with Gasteiger partial charge < -0.3 is 10.1 Å². The molecule has 1 aliphatic heterocycles. The zero-order valence-corrected chi connectivity index (χ0v) is 25.0. The molecule has 0 aliphatic carbocycles. The number of halogens is 1. The molecule has 0 radical (unpaired) electrons. The number of fused-ring (bicyclic) bond motifs is 1. The Hall–Kier alpha value is -4.12. The third-order valence-electron chi connectivity index (χ3n) is 6.82. The van der Waals surface area contributed by atoms with Crippen molar-refractivity contribution in [2.45, 2.75) is 11.8 Å². The van der Waals surface area contributed by atoms with E-state index in [1.807, 2.05) is 78.2 Å². The lowest BCUT2D eigenvalue weighted by molar-refractivity contribution is -0.123. The van der Waals surface area contributed by atoms with Crippen molar-refractivity contribution in [3.8, 4) is 22.7 Å². The largest absolute Gasteiger partial charge is 0.497 e. The van der Waals surface area contributed by atoms with Gasteiger partial charge in [-0.25, -0.2) is 4.68 Å². The smallest absolute Gasteiger partial charge is 0.240 e. The summed E-state index contributed by atoms with van der Waals surface area (Å²) in [6, 6.07) is 24.6. The van der Waals surface area contributed by atoms with Gasteiger partial charge in [-0.15, -0.1) is 23.1 Å². The summed E-state index contributed by atoms with van der Waals surface area (Å²) in [5, 5.41) is 10.5. The molecule has 8 nitrogen and oxygen atoms in total. The molecule has 4 heterocycles. The molecule has 5 aromatic rings. The van der Waals surface area contributed by atoms with E-state index in [0.29, 0.717) is 16.6 Å². The van der Waals surface area contributed by atoms with Gasteiger partial charge >= 0.3 is 0 Å². The van der Waals surface area contributed by atoms with E-state index in [9.17, 15) is 9.59 Å². The fourth-order valence-corrected chi connectivity index (χ4v) is 7.10. The Labute approximate surface area is 256 Å². The standard InChI is InChI=1S/C31H26ClN5O3S2/c1-40-24-13-11-23(12-14-24)37-31-28(29(35-37)20-7-9-21(32)10-8-20)30(25-6-4-16-41-25)42-19-27(39)36(31)18-26(38)34-17-22-5-2-3-15-33-22/h2-16,30H,17-19H2,1H3,(H,34,38)/t30-/m1/s1. The number of methoxy groups -OCH3 is 1. The number of pyridine rings is 1. The van der Waals surface area contributed by atoms with Gasteiger partial charge in [-0.1, -0.05) is 35.9 Å². The first-order valence-electron chi connectivity index (χ1n) is 13.2. The number of benzene rings is 2. The van der Waals surface area contributed by atoms with Crippen molar-refractivity contribution < 1.29 is 14.3 Å². The summed E-state index contributed by atoms with van der Waals surface area (Å²) in [4.78, 5) is 34.1. The van der Waals surface area contributed by atoms with Crippen LogP contribution in [0.3, 0.4) is 0 Å². The highest BCUT2D eigenvalue weighted by Crippen LogP contribution is 2.49. The highest BCUT2D eigenvalue weighted by atomic mass is 35.5. The number of amides is 2. The van der Waals surface area contributed by atoms with Crippen LogP contribution in [0.1, 0.15) is 21.4 Å². The van der Waals surface area contributed by atoms with Crippen LogP contribution in [0, 0.1) is 0 Å². The molecule has 1 atom stereocenters. The maximum atomic E-state index is 13.8. The second-order valence-electron chi connectivity index (χ2n) is 9.49. The highest BCUT2D eigenvalue weighted by molar-refractivity contribution is 8.00. The van der Waals surface area contributed by atoms with Crippen LogP contribution in [0.2, 0.25) is 5.02 Å². The minimum absolute atomic E-state index is 0.168. The van der Waals surface area contributed by atoms with Crippen LogP contribution in [0.5, 0.6) is 5.75 Å². The summed E-state index contributed by atoms with van der Waals surface area (Å²) in [5.41, 5.74) is 3.91. The van der Waals surface area contributed by atoms with Crippen molar-refractivity contribution in [2.75, 3.05) is 24.3 Å². The van der Waals surface area contributed by atoms with Crippen LogP contribution in [0.15, 0.2) is 90.4 Å². The van der Waals surface area contributed by atoms with Gasteiger partial charge in [0.05, 0.1) is 41.7 Å². The van der Waals surface area contributed by atoms with Crippen molar-refractivity contribution in [3.05, 3.63) is 112 Å². The summed E-state index contributed by atoms with van der Waals surface area (Å²) < 4.78 is 7.14. The number of aromatic nitrogens is 3. The molecule has 3 aromatic heterocycles. The van der Waals surface area contributed by atoms with Crippen LogP contribution >= 0.6 is 34.7 Å². The van der Waals surface area contributed by atoms with Crippen molar-refractivity contribution in [3.63, 3.8) is 0 Å². The quantitative estimate of drug-likeness (QED) is 0.225. The van der Waals surface area contributed by atoms with E-state index in [0.717, 1.165) is 33.1 Å². The Morgan fingerprint density at radius 2 is 1.88 bits per heavy atom. The predicted octanol–water partition coefficient (Wildman–Crippen LogP) is 6.14. The van der Waals surface area contributed by atoms with Crippen LogP contribution < -0.4 is 15.0 Å². The van der Waals surface area contributed by atoms with Crippen molar-refractivity contribution >= 4 is 52.3 Å². The second-order valence-corrected chi connectivity index (χ2v) is 12.0. The van der Waals surface area contributed by atoms with Crippen molar-refractivity contribution in [2.24, 2.45) is 0 Å². The molecule has 0 spiro atoms. The van der Waals surface area contributed by atoms with E-state index < -0.39 is 0 Å². The lowest BCUT2D eigenvalue weighted by atomic mass is 10.0. The number of carbonyl (C=O) groups excluding carboxylic acids is 2. The van der Waals surface area contributed by atoms with Gasteiger partial charge in [-0.3, -0.25) is 19.5 Å². The first-order chi connectivity index (χ1) is 20.5. The van der Waals surface area contributed by atoms with E-state index >= 15 is 0 Å². The van der Waals surface area contributed by atoms with Crippen molar-refractivity contribution in [1.29, 1.82) is 0 Å². The van der Waals surface area contributed by atoms with Gasteiger partial charge in [0.25, 0.3) is 0 Å². The predicted molar refractivity (Wildman–Crippen MR) is 168 cm³/mol. The summed E-state index contributed by atoms with van der Waals surface area (Å²) in [5.74, 6) is 0.990. The van der Waals surface area contributed by atoms with Gasteiger partial charge in [0, 0.05) is 27.2 Å². The third-order valence-corrected chi connectivity index (χ3v) is 9.39. The number of nitrogens with one attached hydrogen (secondary N) is 1. The highest BCUT2D eigenvalue weighted by Gasteiger charge is 2.38.